The van der Waals surface area contributed by atoms with Gasteiger partial charge in [0.1, 0.15) is 0 Å². The van der Waals surface area contributed by atoms with Gasteiger partial charge in [0.25, 0.3) is 0 Å². The van der Waals surface area contributed by atoms with Crippen LogP contribution in [0.25, 0.3) is 0 Å². The summed E-state index contributed by atoms with van der Waals surface area (Å²) in [5, 5.41) is 8.63. The van der Waals surface area contributed by atoms with Crippen molar-refractivity contribution >= 4 is 0 Å². The van der Waals surface area contributed by atoms with E-state index in [0.717, 1.165) is 19.7 Å². The first-order valence-electron chi connectivity index (χ1n) is 4.24. The number of rotatable bonds is 4. The molecule has 3 nitrogen and oxygen atoms in total. The third-order valence-electron chi connectivity index (χ3n) is 2.02. The van der Waals surface area contributed by atoms with Gasteiger partial charge in [0, 0.05) is 19.7 Å². The molecule has 3 heteroatoms. The van der Waals surface area contributed by atoms with Crippen molar-refractivity contribution in [3.05, 3.63) is 0 Å². The lowest BCUT2D eigenvalue weighted by molar-refractivity contribution is 0.0759. The van der Waals surface area contributed by atoms with Gasteiger partial charge in [-0.2, -0.15) is 0 Å². The van der Waals surface area contributed by atoms with Crippen LogP contribution in [0, 0.1) is 0 Å². The molecule has 0 spiro atoms. The maximum absolute atomic E-state index is 8.63. The quantitative estimate of drug-likeness (QED) is 0.631. The lowest BCUT2D eigenvalue weighted by Gasteiger charge is -2.18. The Bertz CT molecular complexity index is 102. The van der Waals surface area contributed by atoms with Crippen molar-refractivity contribution < 1.29 is 9.84 Å². The Balaban J connectivity index is 2.08. The SMILES string of the molecule is CN(CCO)CC1CCCO1. The number of nitrogens with zero attached hydrogens (tertiary/aromatic N) is 1. The molecule has 1 fully saturated rings. The molecule has 1 rings (SSSR count). The molecule has 0 bridgehead atoms. The Kier molecular flexibility index (Phi) is 3.83. The predicted octanol–water partition coefficient (Wildman–Crippen LogP) is 0.0895. The highest BCUT2D eigenvalue weighted by atomic mass is 16.5. The van der Waals surface area contributed by atoms with Crippen molar-refractivity contribution in [2.24, 2.45) is 0 Å². The second-order valence-electron chi connectivity index (χ2n) is 3.12. The van der Waals surface area contributed by atoms with E-state index in [1.807, 2.05) is 7.05 Å². The molecule has 1 aliphatic heterocycles. The van der Waals surface area contributed by atoms with E-state index in [-0.39, 0.29) is 6.61 Å². The monoisotopic (exact) mass is 159 g/mol. The fourth-order valence-corrected chi connectivity index (χ4v) is 1.40. The van der Waals surface area contributed by atoms with E-state index in [0.29, 0.717) is 6.10 Å². The molecule has 1 atom stereocenters. The first-order chi connectivity index (χ1) is 5.33. The number of ether oxygens (including phenoxy) is 1. The summed E-state index contributed by atoms with van der Waals surface area (Å²) in [6.45, 7) is 2.86. The molecule has 0 aromatic heterocycles. The molecule has 1 unspecified atom stereocenters. The first kappa shape index (κ1) is 8.97. The molecular weight excluding hydrogens is 142 g/mol. The summed E-state index contributed by atoms with van der Waals surface area (Å²) < 4.78 is 5.45. The molecule has 1 saturated heterocycles. The summed E-state index contributed by atoms with van der Waals surface area (Å²) in [4.78, 5) is 2.11. The molecule has 1 heterocycles. The van der Waals surface area contributed by atoms with Gasteiger partial charge in [0.2, 0.25) is 0 Å². The van der Waals surface area contributed by atoms with Gasteiger partial charge in [-0.15, -0.1) is 0 Å². The molecule has 0 aliphatic carbocycles. The van der Waals surface area contributed by atoms with E-state index >= 15 is 0 Å². The highest BCUT2D eigenvalue weighted by Gasteiger charge is 2.16. The molecule has 0 aromatic carbocycles. The minimum Gasteiger partial charge on any atom is -0.395 e. The fourth-order valence-electron chi connectivity index (χ4n) is 1.40. The van der Waals surface area contributed by atoms with Crippen molar-refractivity contribution in [2.75, 3.05) is 33.4 Å². The van der Waals surface area contributed by atoms with Crippen LogP contribution in [-0.2, 0) is 4.74 Å². The van der Waals surface area contributed by atoms with Crippen LogP contribution in [0.3, 0.4) is 0 Å². The Morgan fingerprint density at radius 2 is 2.45 bits per heavy atom. The summed E-state index contributed by atoms with van der Waals surface area (Å²) in [6, 6.07) is 0. The average molecular weight is 159 g/mol. The molecule has 0 aromatic rings. The normalized spacial score (nSPS) is 24.8. The lowest BCUT2D eigenvalue weighted by Crippen LogP contribution is -2.30. The van der Waals surface area contributed by atoms with Gasteiger partial charge in [-0.3, -0.25) is 0 Å². The molecule has 0 amide bonds. The van der Waals surface area contributed by atoms with E-state index in [1.165, 1.54) is 12.8 Å². The maximum Gasteiger partial charge on any atom is 0.0702 e. The summed E-state index contributed by atoms with van der Waals surface area (Å²) in [5.41, 5.74) is 0. The van der Waals surface area contributed by atoms with Gasteiger partial charge in [0.05, 0.1) is 12.7 Å². The summed E-state index contributed by atoms with van der Waals surface area (Å²) in [7, 11) is 2.01. The van der Waals surface area contributed by atoms with Crippen molar-refractivity contribution in [2.45, 2.75) is 18.9 Å². The Hall–Kier alpha value is -0.120. The second-order valence-corrected chi connectivity index (χ2v) is 3.12. The molecular formula is C8H17NO2. The first-order valence-corrected chi connectivity index (χ1v) is 4.24. The topological polar surface area (TPSA) is 32.7 Å². The van der Waals surface area contributed by atoms with E-state index in [1.54, 1.807) is 0 Å². The van der Waals surface area contributed by atoms with E-state index in [2.05, 4.69) is 4.90 Å². The van der Waals surface area contributed by atoms with Crippen LogP contribution in [0.5, 0.6) is 0 Å². The zero-order valence-electron chi connectivity index (χ0n) is 7.12. The van der Waals surface area contributed by atoms with Crippen molar-refractivity contribution in [3.63, 3.8) is 0 Å². The molecule has 1 aliphatic rings. The third-order valence-corrected chi connectivity index (χ3v) is 2.02. The van der Waals surface area contributed by atoms with Crippen LogP contribution in [0.15, 0.2) is 0 Å². The summed E-state index contributed by atoms with van der Waals surface area (Å²) in [5.74, 6) is 0. The molecule has 11 heavy (non-hydrogen) atoms. The van der Waals surface area contributed by atoms with Crippen molar-refractivity contribution in [3.8, 4) is 0 Å². The van der Waals surface area contributed by atoms with Crippen LogP contribution in [-0.4, -0.2) is 49.5 Å². The number of aliphatic hydroxyl groups is 1. The van der Waals surface area contributed by atoms with Crippen LogP contribution in [0.4, 0.5) is 0 Å². The predicted molar refractivity (Wildman–Crippen MR) is 43.6 cm³/mol. The number of hydrogen-bond acceptors (Lipinski definition) is 3. The Labute approximate surface area is 68.0 Å². The number of likely N-dealkylation sites (N-methyl/N-ethyl adjacent to an activating group) is 1. The molecule has 66 valence electrons. The van der Waals surface area contributed by atoms with Gasteiger partial charge in [0.15, 0.2) is 0 Å². The molecule has 0 saturated carbocycles. The molecule has 0 radical (unpaired) electrons. The lowest BCUT2D eigenvalue weighted by atomic mass is 10.2. The van der Waals surface area contributed by atoms with E-state index in [9.17, 15) is 0 Å². The standard InChI is InChI=1S/C8H17NO2/c1-9(4-5-10)7-8-3-2-6-11-8/h8,10H,2-7H2,1H3. The molecule has 1 N–H and O–H groups in total. The minimum atomic E-state index is 0.239. The number of hydrogen-bond donors (Lipinski definition) is 1. The highest BCUT2D eigenvalue weighted by Crippen LogP contribution is 2.12. The smallest absolute Gasteiger partial charge is 0.0702 e. The minimum absolute atomic E-state index is 0.239. The van der Waals surface area contributed by atoms with Crippen molar-refractivity contribution in [1.29, 1.82) is 0 Å². The summed E-state index contributed by atoms with van der Waals surface area (Å²) in [6.07, 6.45) is 2.78. The summed E-state index contributed by atoms with van der Waals surface area (Å²) >= 11 is 0. The van der Waals surface area contributed by atoms with Crippen LogP contribution < -0.4 is 0 Å². The third kappa shape index (κ3) is 3.18. The highest BCUT2D eigenvalue weighted by molar-refractivity contribution is 4.68. The fraction of sp³-hybridized carbons (Fsp3) is 1.00. The Morgan fingerprint density at radius 1 is 1.64 bits per heavy atom. The van der Waals surface area contributed by atoms with Crippen LogP contribution >= 0.6 is 0 Å². The largest absolute Gasteiger partial charge is 0.395 e. The van der Waals surface area contributed by atoms with Gasteiger partial charge >= 0.3 is 0 Å². The zero-order chi connectivity index (χ0) is 8.10. The van der Waals surface area contributed by atoms with Crippen molar-refractivity contribution in [1.82, 2.24) is 4.90 Å². The van der Waals surface area contributed by atoms with E-state index in [4.69, 9.17) is 9.84 Å². The van der Waals surface area contributed by atoms with E-state index < -0.39 is 0 Å². The van der Waals surface area contributed by atoms with Gasteiger partial charge in [-0.25, -0.2) is 0 Å². The maximum atomic E-state index is 8.63. The van der Waals surface area contributed by atoms with Crippen LogP contribution in [0.1, 0.15) is 12.8 Å². The van der Waals surface area contributed by atoms with Gasteiger partial charge in [-0.1, -0.05) is 0 Å². The number of aliphatic hydroxyl groups excluding tert-OH is 1. The van der Waals surface area contributed by atoms with Gasteiger partial charge in [-0.05, 0) is 19.9 Å². The van der Waals surface area contributed by atoms with Gasteiger partial charge < -0.3 is 14.7 Å². The average Bonchev–Trinajstić information content (AvgIpc) is 2.40. The van der Waals surface area contributed by atoms with Crippen LogP contribution in [0.2, 0.25) is 0 Å². The second kappa shape index (κ2) is 4.70. The zero-order valence-corrected chi connectivity index (χ0v) is 7.12. The Morgan fingerprint density at radius 3 is 3.00 bits per heavy atom.